The average molecular weight is 654 g/mol. The maximum absolute atomic E-state index is 13.5. The van der Waals surface area contributed by atoms with Gasteiger partial charge in [0, 0.05) is 0 Å². The van der Waals surface area contributed by atoms with Gasteiger partial charge in [-0.25, -0.2) is 0 Å². The van der Waals surface area contributed by atoms with Gasteiger partial charge in [0.25, 0.3) is 0 Å². The van der Waals surface area contributed by atoms with E-state index in [0.29, 0.717) is 28.3 Å². The zero-order valence-electron chi connectivity index (χ0n) is 25.3. The van der Waals surface area contributed by atoms with Crippen molar-refractivity contribution in [3.8, 4) is 17.6 Å². The van der Waals surface area contributed by atoms with Crippen molar-refractivity contribution in [2.75, 3.05) is 51.5 Å². The molecule has 1 saturated heterocycles. The second-order valence-electron chi connectivity index (χ2n) is 8.81. The first-order chi connectivity index (χ1) is 20.2. The molecule has 0 unspecified atom stereocenters. The molecule has 42 heavy (non-hydrogen) atoms. The fraction of sp³-hybridized carbons (Fsp3) is 0.467. The Hall–Kier alpha value is -3.39. The number of nitrogens with one attached hydrogen (secondary N) is 3. The summed E-state index contributed by atoms with van der Waals surface area (Å²) in [5, 5.41) is 9.23. The number of anilines is 2. The van der Waals surface area contributed by atoms with Crippen LogP contribution in [-0.2, 0) is 0 Å². The van der Waals surface area contributed by atoms with E-state index in [1.807, 2.05) is 33.8 Å². The zero-order chi connectivity index (χ0) is 31.3. The van der Waals surface area contributed by atoms with Gasteiger partial charge in [-0.15, -0.1) is 0 Å². The van der Waals surface area contributed by atoms with Crippen LogP contribution in [0.3, 0.4) is 0 Å². The van der Waals surface area contributed by atoms with Crippen molar-refractivity contribution in [3.05, 3.63) is 47.7 Å². The zero-order valence-corrected chi connectivity index (χ0v) is 27.0. The van der Waals surface area contributed by atoms with Crippen molar-refractivity contribution in [2.24, 2.45) is 0 Å². The number of hydrogen-bond donors (Lipinski definition) is 3. The molecule has 4 rings (SSSR count). The number of benzene rings is 1. The predicted octanol–water partition coefficient (Wildman–Crippen LogP) is 4.57. The SMILES string of the molecule is CC.CC.CNC(=O)c1ccc(OC)c(NCC#Cc2nn3c(NC4CCN(C)CC4)cccc3c2[Se]C(F)(F)F)c1. The number of halogens is 3. The number of carbonyl (C=O) groups excluding carboxylic acids is 1. The Morgan fingerprint density at radius 2 is 1.83 bits per heavy atom. The van der Waals surface area contributed by atoms with Gasteiger partial charge >= 0.3 is 226 Å². The Balaban J connectivity index is 0.00000148. The number of methoxy groups -OCH3 is 1. The van der Waals surface area contributed by atoms with E-state index in [9.17, 15) is 18.0 Å². The van der Waals surface area contributed by atoms with E-state index < -0.39 is 20.0 Å². The number of nitrogens with zero attached hydrogens (tertiary/aromatic N) is 3. The van der Waals surface area contributed by atoms with E-state index in [1.54, 1.807) is 30.3 Å². The Bertz CT molecular complexity index is 1360. The summed E-state index contributed by atoms with van der Waals surface area (Å²) in [6.45, 7) is 10.0. The van der Waals surface area contributed by atoms with E-state index in [-0.39, 0.29) is 28.6 Å². The molecule has 12 heteroatoms. The molecule has 0 aliphatic carbocycles. The first-order valence-electron chi connectivity index (χ1n) is 14.0. The molecule has 1 fully saturated rings. The van der Waals surface area contributed by atoms with E-state index in [0.717, 1.165) is 25.9 Å². The van der Waals surface area contributed by atoms with Crippen LogP contribution >= 0.6 is 0 Å². The molecular weight excluding hydrogens is 612 g/mol. The molecule has 1 aliphatic rings. The number of carbonyl (C=O) groups is 1. The minimum atomic E-state index is -4.35. The van der Waals surface area contributed by atoms with Gasteiger partial charge in [0.1, 0.15) is 0 Å². The number of hydrogen-bond acceptors (Lipinski definition) is 6. The quantitative estimate of drug-likeness (QED) is 0.256. The third-order valence-corrected chi connectivity index (χ3v) is 7.92. The van der Waals surface area contributed by atoms with E-state index >= 15 is 0 Å². The van der Waals surface area contributed by atoms with Crippen molar-refractivity contribution in [1.82, 2.24) is 19.8 Å². The third kappa shape index (κ3) is 9.58. The molecule has 8 nitrogen and oxygen atoms in total. The number of fused-ring (bicyclic) bond motifs is 1. The first kappa shape index (κ1) is 34.8. The van der Waals surface area contributed by atoms with E-state index in [4.69, 9.17) is 4.74 Å². The molecule has 0 saturated carbocycles. The molecule has 3 heterocycles. The van der Waals surface area contributed by atoms with Crippen molar-refractivity contribution < 1.29 is 22.7 Å². The molecule has 1 aliphatic heterocycles. The molecule has 0 bridgehead atoms. The Labute approximate surface area is 252 Å². The van der Waals surface area contributed by atoms with Crippen molar-refractivity contribution >= 4 is 42.3 Å². The summed E-state index contributed by atoms with van der Waals surface area (Å²) in [7, 11) is 5.12. The van der Waals surface area contributed by atoms with E-state index in [1.165, 1.54) is 18.7 Å². The van der Waals surface area contributed by atoms with Crippen LogP contribution in [0, 0.1) is 11.8 Å². The second-order valence-corrected chi connectivity index (χ2v) is 11.1. The fourth-order valence-corrected chi connectivity index (χ4v) is 5.64. The van der Waals surface area contributed by atoms with Crippen LogP contribution in [0.5, 0.6) is 5.75 Å². The summed E-state index contributed by atoms with van der Waals surface area (Å²) < 4.78 is 47.5. The van der Waals surface area contributed by atoms with Crippen molar-refractivity contribution in [2.45, 2.75) is 51.7 Å². The number of rotatable bonds is 7. The molecule has 0 spiro atoms. The maximum atomic E-state index is 13.5. The summed E-state index contributed by atoms with van der Waals surface area (Å²) in [4.78, 5) is 14.2. The first-order valence-corrected chi connectivity index (χ1v) is 15.7. The molecule has 2 aromatic heterocycles. The molecule has 1 aromatic carbocycles. The normalized spacial score (nSPS) is 13.5. The molecule has 0 radical (unpaired) electrons. The summed E-state index contributed by atoms with van der Waals surface area (Å²) >= 11 is -1.82. The molecule has 3 aromatic rings. The van der Waals surface area contributed by atoms with Crippen LogP contribution in [-0.4, -0.2) is 87.3 Å². The van der Waals surface area contributed by atoms with Crippen LogP contribution in [0.1, 0.15) is 56.6 Å². The van der Waals surface area contributed by atoms with Gasteiger partial charge in [0.15, 0.2) is 0 Å². The van der Waals surface area contributed by atoms with Gasteiger partial charge in [0.2, 0.25) is 0 Å². The average Bonchev–Trinajstić information content (AvgIpc) is 3.34. The predicted molar refractivity (Wildman–Crippen MR) is 165 cm³/mol. The number of ether oxygens (including phenoxy) is 1. The van der Waals surface area contributed by atoms with E-state index in [2.05, 4.69) is 44.8 Å². The number of likely N-dealkylation sites (tertiary alicyclic amines) is 1. The topological polar surface area (TPSA) is 82.9 Å². The summed E-state index contributed by atoms with van der Waals surface area (Å²) in [6.07, 6.45) is 1.88. The van der Waals surface area contributed by atoms with Crippen LogP contribution in [0.2, 0.25) is 0 Å². The minimum absolute atomic E-state index is 0.101. The Morgan fingerprint density at radius 3 is 2.45 bits per heavy atom. The number of aromatic nitrogens is 2. The standard InChI is InChI=1S/C26H29F3N6O2Se.2C2H6/c1-30-25(36)17-9-10-22(37-3)20(16-17)31-13-5-6-19-24(38-26(27,28)29)21-7-4-8-23(35(21)33-19)32-18-11-14-34(2)15-12-18;2*1-2/h4,7-10,16,18,31-32H,11-15H2,1-3H3,(H,30,36);2*1-2H3. The van der Waals surface area contributed by atoms with Crippen molar-refractivity contribution in [1.29, 1.82) is 0 Å². The Kier molecular flexibility index (Phi) is 14.0. The van der Waals surface area contributed by atoms with Crippen LogP contribution in [0.4, 0.5) is 24.7 Å². The molecule has 3 N–H and O–H groups in total. The number of pyridine rings is 1. The van der Waals surface area contributed by atoms with Crippen molar-refractivity contribution in [3.63, 3.8) is 0 Å². The number of amides is 1. The van der Waals surface area contributed by atoms with Gasteiger partial charge < -0.3 is 0 Å². The summed E-state index contributed by atoms with van der Waals surface area (Å²) in [5.41, 5.74) is 1.48. The van der Waals surface area contributed by atoms with Crippen LogP contribution in [0.15, 0.2) is 36.4 Å². The van der Waals surface area contributed by atoms with Gasteiger partial charge in [-0.2, -0.15) is 0 Å². The number of piperidine rings is 1. The summed E-state index contributed by atoms with van der Waals surface area (Å²) in [5.74, 6) is 6.62. The second kappa shape index (κ2) is 16.9. The number of alkyl halides is 3. The third-order valence-electron chi connectivity index (χ3n) is 6.16. The van der Waals surface area contributed by atoms with Gasteiger partial charge in [0.05, 0.1) is 0 Å². The molecule has 0 atom stereocenters. The molecule has 1 amide bonds. The fourth-order valence-electron chi connectivity index (χ4n) is 4.22. The molecular formula is C30H41F3N6O2Se. The van der Waals surface area contributed by atoms with Gasteiger partial charge in [-0.1, -0.05) is 27.7 Å². The van der Waals surface area contributed by atoms with Crippen LogP contribution < -0.4 is 25.1 Å². The summed E-state index contributed by atoms with van der Waals surface area (Å²) in [6, 6.07) is 10.4. The monoisotopic (exact) mass is 654 g/mol. The van der Waals surface area contributed by atoms with Crippen LogP contribution in [0.25, 0.3) is 5.52 Å². The Morgan fingerprint density at radius 1 is 1.14 bits per heavy atom. The molecule has 230 valence electrons. The van der Waals surface area contributed by atoms with Gasteiger partial charge in [-0.05, 0) is 0 Å². The van der Waals surface area contributed by atoms with Gasteiger partial charge in [-0.3, -0.25) is 0 Å².